The molecule has 0 aliphatic rings. The van der Waals surface area contributed by atoms with Gasteiger partial charge >= 0.3 is 5.97 Å². The first-order valence-electron chi connectivity index (χ1n) is 8.53. The van der Waals surface area contributed by atoms with Crippen LogP contribution in [0.15, 0.2) is 35.8 Å². The summed E-state index contributed by atoms with van der Waals surface area (Å²) in [5, 5.41) is 11.8. The van der Waals surface area contributed by atoms with Crippen LogP contribution in [0.3, 0.4) is 0 Å². The Morgan fingerprint density at radius 1 is 0.962 bits per heavy atom. The fourth-order valence-corrected chi connectivity index (χ4v) is 3.51. The van der Waals surface area contributed by atoms with Gasteiger partial charge in [0.1, 0.15) is 16.4 Å². The van der Waals surface area contributed by atoms with Gasteiger partial charge in [-0.05, 0) is 24.0 Å². The average Bonchev–Trinajstić information content (AvgIpc) is 3.11. The van der Waals surface area contributed by atoms with Crippen LogP contribution in [-0.4, -0.2) is 26.0 Å². The summed E-state index contributed by atoms with van der Waals surface area (Å²) in [7, 11) is 0. The molecule has 0 saturated heterocycles. The Balaban J connectivity index is 1.94. The molecule has 6 heteroatoms. The van der Waals surface area contributed by atoms with E-state index < -0.39 is 5.97 Å². The summed E-state index contributed by atoms with van der Waals surface area (Å²) in [5.74, 6) is -0.313. The van der Waals surface area contributed by atoms with E-state index in [-0.39, 0.29) is 5.56 Å². The number of benzene rings is 1. The van der Waals surface area contributed by atoms with E-state index >= 15 is 0 Å². The lowest BCUT2D eigenvalue weighted by Crippen LogP contribution is -2.06. The third kappa shape index (κ3) is 3.65. The molecule has 134 valence electrons. The molecule has 0 atom stereocenters. The van der Waals surface area contributed by atoms with Gasteiger partial charge < -0.3 is 5.11 Å². The summed E-state index contributed by atoms with van der Waals surface area (Å²) < 4.78 is 0. The van der Waals surface area contributed by atoms with E-state index in [1.807, 2.05) is 5.38 Å². The van der Waals surface area contributed by atoms with Crippen LogP contribution in [0.5, 0.6) is 0 Å². The molecule has 2 aromatic heterocycles. The lowest BCUT2D eigenvalue weighted by molar-refractivity contribution is 0.0697. The standard InChI is InChI=1S/C20H21N3O2S/c1-11(2)17-18(12(3)4)22-15(9-21-17)16-10-26-19(23-16)13-5-7-14(8-6-13)20(24)25/h5-12H,1-4H3,(H,24,25). The Morgan fingerprint density at radius 3 is 2.19 bits per heavy atom. The summed E-state index contributed by atoms with van der Waals surface area (Å²) in [6, 6.07) is 6.73. The summed E-state index contributed by atoms with van der Waals surface area (Å²) in [6.45, 7) is 8.49. The van der Waals surface area contributed by atoms with Crippen LogP contribution in [0.4, 0.5) is 0 Å². The van der Waals surface area contributed by atoms with Crippen molar-refractivity contribution in [2.24, 2.45) is 0 Å². The largest absolute Gasteiger partial charge is 0.478 e. The first kappa shape index (κ1) is 18.2. The highest BCUT2D eigenvalue weighted by Gasteiger charge is 2.16. The van der Waals surface area contributed by atoms with Gasteiger partial charge in [-0.3, -0.25) is 4.98 Å². The average molecular weight is 367 g/mol. The molecule has 0 aliphatic heterocycles. The minimum Gasteiger partial charge on any atom is -0.478 e. The van der Waals surface area contributed by atoms with Crippen LogP contribution in [0.1, 0.15) is 61.3 Å². The number of hydrogen-bond acceptors (Lipinski definition) is 5. The molecule has 0 amide bonds. The van der Waals surface area contributed by atoms with Crippen LogP contribution in [0, 0.1) is 0 Å². The van der Waals surface area contributed by atoms with Crippen LogP contribution < -0.4 is 0 Å². The smallest absolute Gasteiger partial charge is 0.335 e. The monoisotopic (exact) mass is 367 g/mol. The second-order valence-electron chi connectivity index (χ2n) is 6.76. The van der Waals surface area contributed by atoms with Crippen molar-refractivity contribution in [3.05, 3.63) is 52.8 Å². The number of carboxylic acid groups (broad SMARTS) is 1. The second kappa shape index (κ2) is 7.33. The van der Waals surface area contributed by atoms with Crippen molar-refractivity contribution in [1.29, 1.82) is 0 Å². The van der Waals surface area contributed by atoms with Crippen molar-refractivity contribution in [2.75, 3.05) is 0 Å². The molecule has 5 nitrogen and oxygen atoms in total. The number of aromatic carboxylic acids is 1. The van der Waals surface area contributed by atoms with Gasteiger partial charge in [-0.2, -0.15) is 0 Å². The molecular weight excluding hydrogens is 346 g/mol. The van der Waals surface area contributed by atoms with Crippen LogP contribution in [-0.2, 0) is 0 Å². The van der Waals surface area contributed by atoms with Gasteiger partial charge in [-0.25, -0.2) is 14.8 Å². The van der Waals surface area contributed by atoms with Gasteiger partial charge in [-0.15, -0.1) is 11.3 Å². The van der Waals surface area contributed by atoms with Crippen molar-refractivity contribution in [3.8, 4) is 22.0 Å². The third-order valence-corrected chi connectivity index (χ3v) is 4.96. The molecular formula is C20H21N3O2S. The predicted molar refractivity (Wildman–Crippen MR) is 104 cm³/mol. The Morgan fingerprint density at radius 2 is 1.62 bits per heavy atom. The van der Waals surface area contributed by atoms with E-state index in [1.165, 1.54) is 11.3 Å². The van der Waals surface area contributed by atoms with Crippen molar-refractivity contribution in [3.63, 3.8) is 0 Å². The molecule has 0 bridgehead atoms. The number of nitrogens with zero attached hydrogens (tertiary/aromatic N) is 3. The lowest BCUT2D eigenvalue weighted by Gasteiger charge is -2.14. The van der Waals surface area contributed by atoms with Crippen molar-refractivity contribution in [2.45, 2.75) is 39.5 Å². The molecule has 0 fully saturated rings. The molecule has 3 rings (SSSR count). The van der Waals surface area contributed by atoms with Crippen molar-refractivity contribution < 1.29 is 9.90 Å². The maximum atomic E-state index is 11.0. The SMILES string of the molecule is CC(C)c1ncc(-c2csc(-c3ccc(C(=O)O)cc3)n2)nc1C(C)C. The quantitative estimate of drug-likeness (QED) is 0.670. The molecule has 3 aromatic rings. The number of aromatic nitrogens is 3. The van der Waals surface area contributed by atoms with E-state index in [0.717, 1.165) is 33.3 Å². The van der Waals surface area contributed by atoms with E-state index in [1.54, 1.807) is 30.5 Å². The van der Waals surface area contributed by atoms with E-state index in [4.69, 9.17) is 10.1 Å². The highest BCUT2D eigenvalue weighted by atomic mass is 32.1. The van der Waals surface area contributed by atoms with Crippen LogP contribution in [0.25, 0.3) is 22.0 Å². The number of thiazole rings is 1. The minimum atomic E-state index is -0.932. The van der Waals surface area contributed by atoms with Crippen LogP contribution >= 0.6 is 11.3 Å². The van der Waals surface area contributed by atoms with Crippen LogP contribution in [0.2, 0.25) is 0 Å². The predicted octanol–water partition coefficient (Wildman–Crippen LogP) is 5.21. The van der Waals surface area contributed by atoms with E-state index in [9.17, 15) is 4.79 Å². The van der Waals surface area contributed by atoms with Gasteiger partial charge in [0, 0.05) is 10.9 Å². The summed E-state index contributed by atoms with van der Waals surface area (Å²) in [4.78, 5) is 25.1. The Kier molecular flexibility index (Phi) is 5.13. The molecule has 0 saturated carbocycles. The normalized spacial score (nSPS) is 11.3. The minimum absolute atomic E-state index is 0.266. The molecule has 0 aliphatic carbocycles. The maximum absolute atomic E-state index is 11.0. The first-order valence-corrected chi connectivity index (χ1v) is 9.41. The Bertz CT molecular complexity index is 930. The van der Waals surface area contributed by atoms with Gasteiger partial charge in [0.2, 0.25) is 0 Å². The zero-order valence-electron chi connectivity index (χ0n) is 15.2. The highest BCUT2D eigenvalue weighted by molar-refractivity contribution is 7.13. The number of hydrogen-bond donors (Lipinski definition) is 1. The molecule has 1 aromatic carbocycles. The Hall–Kier alpha value is -2.60. The number of rotatable bonds is 5. The molecule has 0 unspecified atom stereocenters. The Labute approximate surface area is 156 Å². The van der Waals surface area contributed by atoms with Crippen molar-refractivity contribution >= 4 is 17.3 Å². The zero-order valence-corrected chi connectivity index (χ0v) is 16.0. The first-order chi connectivity index (χ1) is 12.4. The maximum Gasteiger partial charge on any atom is 0.335 e. The highest BCUT2D eigenvalue weighted by Crippen LogP contribution is 2.30. The lowest BCUT2D eigenvalue weighted by atomic mass is 10.0. The molecule has 0 spiro atoms. The topological polar surface area (TPSA) is 76.0 Å². The van der Waals surface area contributed by atoms with Gasteiger partial charge in [0.15, 0.2) is 0 Å². The summed E-state index contributed by atoms with van der Waals surface area (Å²) in [6.07, 6.45) is 1.79. The fourth-order valence-electron chi connectivity index (χ4n) is 2.69. The number of carbonyl (C=O) groups is 1. The van der Waals surface area contributed by atoms with Crippen molar-refractivity contribution in [1.82, 2.24) is 15.0 Å². The third-order valence-electron chi connectivity index (χ3n) is 4.07. The summed E-state index contributed by atoms with van der Waals surface area (Å²) in [5.41, 5.74) is 4.76. The second-order valence-corrected chi connectivity index (χ2v) is 7.61. The summed E-state index contributed by atoms with van der Waals surface area (Å²) >= 11 is 1.51. The fraction of sp³-hybridized carbons (Fsp3) is 0.300. The van der Waals surface area contributed by atoms with E-state index in [0.29, 0.717) is 11.8 Å². The zero-order chi connectivity index (χ0) is 18.8. The van der Waals surface area contributed by atoms with Gasteiger partial charge in [0.25, 0.3) is 0 Å². The van der Waals surface area contributed by atoms with Gasteiger partial charge in [-0.1, -0.05) is 39.8 Å². The number of carboxylic acids is 1. The molecule has 2 heterocycles. The van der Waals surface area contributed by atoms with E-state index in [2.05, 4.69) is 37.7 Å². The molecule has 1 N–H and O–H groups in total. The molecule has 0 radical (unpaired) electrons. The van der Waals surface area contributed by atoms with Gasteiger partial charge in [0.05, 0.1) is 23.1 Å². The molecule has 26 heavy (non-hydrogen) atoms.